The smallest absolute Gasteiger partial charge is 0.243 e. The van der Waals surface area contributed by atoms with Gasteiger partial charge in [0.1, 0.15) is 5.75 Å². The van der Waals surface area contributed by atoms with E-state index in [0.29, 0.717) is 5.75 Å². The lowest BCUT2D eigenvalue weighted by Crippen LogP contribution is -2.39. The van der Waals surface area contributed by atoms with Crippen LogP contribution in [0.1, 0.15) is 18.5 Å². The van der Waals surface area contributed by atoms with E-state index in [1.807, 2.05) is 31.2 Å². The maximum Gasteiger partial charge on any atom is 0.243 e. The summed E-state index contributed by atoms with van der Waals surface area (Å²) in [5.74, 6) is 0.180. The van der Waals surface area contributed by atoms with Gasteiger partial charge in [0.25, 0.3) is 0 Å². The van der Waals surface area contributed by atoms with E-state index < -0.39 is 10.0 Å². The molecule has 2 rings (SSSR count). The second kappa shape index (κ2) is 8.66. The third-order valence-corrected chi connectivity index (χ3v) is 6.42. The normalized spacial score (nSPS) is 12.7. The first kappa shape index (κ1) is 20.4. The number of carbonyl (C=O) groups excluding carboxylic acids is 1. The van der Waals surface area contributed by atoms with Crippen LogP contribution < -0.4 is 10.1 Å². The Morgan fingerprint density at radius 2 is 1.81 bits per heavy atom. The van der Waals surface area contributed by atoms with E-state index in [9.17, 15) is 13.2 Å². The highest BCUT2D eigenvalue weighted by atomic mass is 79.9. The van der Waals surface area contributed by atoms with Crippen molar-refractivity contribution in [2.24, 2.45) is 0 Å². The van der Waals surface area contributed by atoms with E-state index in [0.717, 1.165) is 14.3 Å². The van der Waals surface area contributed by atoms with Crippen molar-refractivity contribution in [2.45, 2.75) is 17.9 Å². The number of sulfonamides is 1. The van der Waals surface area contributed by atoms with E-state index >= 15 is 0 Å². The number of rotatable bonds is 7. The summed E-state index contributed by atoms with van der Waals surface area (Å²) in [4.78, 5) is 12.4. The molecule has 0 aliphatic carbocycles. The second-order valence-corrected chi connectivity index (χ2v) is 8.65. The van der Waals surface area contributed by atoms with Crippen molar-refractivity contribution < 1.29 is 17.9 Å². The van der Waals surface area contributed by atoms with Crippen molar-refractivity contribution >= 4 is 31.9 Å². The second-order valence-electron chi connectivity index (χ2n) is 5.75. The predicted octanol–water partition coefficient (Wildman–Crippen LogP) is 2.96. The number of benzene rings is 2. The average molecular weight is 441 g/mol. The van der Waals surface area contributed by atoms with Crippen LogP contribution in [-0.2, 0) is 14.8 Å². The number of halogens is 1. The summed E-state index contributed by atoms with van der Waals surface area (Å²) in [5.41, 5.74) is 0.918. The summed E-state index contributed by atoms with van der Waals surface area (Å²) >= 11 is 3.44. The summed E-state index contributed by atoms with van der Waals surface area (Å²) in [5, 5.41) is 2.81. The molecule has 0 bridgehead atoms. The molecule has 0 aliphatic heterocycles. The number of nitrogens with one attached hydrogen (secondary N) is 1. The van der Waals surface area contributed by atoms with E-state index in [2.05, 4.69) is 21.2 Å². The number of likely N-dealkylation sites (N-methyl/N-ethyl adjacent to an activating group) is 1. The molecule has 140 valence electrons. The molecule has 26 heavy (non-hydrogen) atoms. The lowest BCUT2D eigenvalue weighted by molar-refractivity contribution is -0.121. The van der Waals surface area contributed by atoms with Gasteiger partial charge in [0.2, 0.25) is 15.9 Å². The van der Waals surface area contributed by atoms with Gasteiger partial charge in [-0.3, -0.25) is 4.79 Å². The van der Waals surface area contributed by atoms with Gasteiger partial charge in [0, 0.05) is 11.5 Å². The number of nitrogens with zero attached hydrogens (tertiary/aromatic N) is 1. The van der Waals surface area contributed by atoms with Gasteiger partial charge in [-0.2, -0.15) is 4.31 Å². The molecular weight excluding hydrogens is 420 g/mol. The molecule has 8 heteroatoms. The number of amides is 1. The van der Waals surface area contributed by atoms with Gasteiger partial charge < -0.3 is 10.1 Å². The Bertz CT molecular complexity index is 869. The van der Waals surface area contributed by atoms with Crippen LogP contribution in [0.15, 0.2) is 57.9 Å². The van der Waals surface area contributed by atoms with Gasteiger partial charge in [0.15, 0.2) is 0 Å². The topological polar surface area (TPSA) is 75.7 Å². The standard InChI is InChI=1S/C18H21BrN2O4S/c1-13(16-6-4-5-7-17(16)19)20-18(22)12-21(2)26(23,24)15-10-8-14(25-3)9-11-15/h4-11,13H,12H2,1-3H3,(H,20,22). The summed E-state index contributed by atoms with van der Waals surface area (Å²) in [7, 11) is -0.877. The Morgan fingerprint density at radius 3 is 2.38 bits per heavy atom. The van der Waals surface area contributed by atoms with Gasteiger partial charge in [-0.05, 0) is 42.8 Å². The molecule has 1 amide bonds. The van der Waals surface area contributed by atoms with Crippen LogP contribution in [-0.4, -0.2) is 39.3 Å². The zero-order valence-corrected chi connectivity index (χ0v) is 17.2. The van der Waals surface area contributed by atoms with E-state index in [1.165, 1.54) is 26.3 Å². The third-order valence-electron chi connectivity index (χ3n) is 3.88. The molecule has 0 radical (unpaired) electrons. The average Bonchev–Trinajstić information content (AvgIpc) is 2.61. The molecule has 1 unspecified atom stereocenters. The largest absolute Gasteiger partial charge is 0.497 e. The van der Waals surface area contributed by atoms with Crippen LogP contribution in [0.2, 0.25) is 0 Å². The van der Waals surface area contributed by atoms with Crippen molar-refractivity contribution in [2.75, 3.05) is 20.7 Å². The molecule has 6 nitrogen and oxygen atoms in total. The fourth-order valence-corrected chi connectivity index (χ4v) is 4.16. The Morgan fingerprint density at radius 1 is 1.19 bits per heavy atom. The summed E-state index contributed by atoms with van der Waals surface area (Å²) in [6.07, 6.45) is 0. The number of ether oxygens (including phenoxy) is 1. The molecule has 1 atom stereocenters. The van der Waals surface area contributed by atoms with Gasteiger partial charge in [-0.1, -0.05) is 34.1 Å². The van der Waals surface area contributed by atoms with Gasteiger partial charge in [-0.15, -0.1) is 0 Å². The van der Waals surface area contributed by atoms with Crippen LogP contribution in [0, 0.1) is 0 Å². The highest BCUT2D eigenvalue weighted by Gasteiger charge is 2.23. The van der Waals surface area contributed by atoms with Gasteiger partial charge >= 0.3 is 0 Å². The Balaban J connectivity index is 2.04. The minimum Gasteiger partial charge on any atom is -0.497 e. The first-order valence-electron chi connectivity index (χ1n) is 7.90. The number of methoxy groups -OCH3 is 1. The predicted molar refractivity (Wildman–Crippen MR) is 104 cm³/mol. The maximum absolute atomic E-state index is 12.6. The fourth-order valence-electron chi connectivity index (χ4n) is 2.41. The van der Waals surface area contributed by atoms with Crippen LogP contribution in [0.5, 0.6) is 5.75 Å². The fraction of sp³-hybridized carbons (Fsp3) is 0.278. The molecule has 0 aromatic heterocycles. The molecule has 0 heterocycles. The van der Waals surface area contributed by atoms with Crippen molar-refractivity contribution in [1.29, 1.82) is 0 Å². The van der Waals surface area contributed by atoms with Crippen LogP contribution >= 0.6 is 15.9 Å². The molecule has 0 fully saturated rings. The van der Waals surface area contributed by atoms with E-state index in [-0.39, 0.29) is 23.4 Å². The molecule has 0 saturated carbocycles. The molecule has 2 aromatic carbocycles. The van der Waals surface area contributed by atoms with Gasteiger partial charge in [-0.25, -0.2) is 8.42 Å². The van der Waals surface area contributed by atoms with E-state index in [1.54, 1.807) is 12.1 Å². The molecule has 2 aromatic rings. The highest BCUT2D eigenvalue weighted by Crippen LogP contribution is 2.23. The zero-order valence-electron chi connectivity index (χ0n) is 14.8. The quantitative estimate of drug-likeness (QED) is 0.717. The molecule has 0 spiro atoms. The maximum atomic E-state index is 12.6. The van der Waals surface area contributed by atoms with Crippen molar-refractivity contribution in [1.82, 2.24) is 9.62 Å². The van der Waals surface area contributed by atoms with Crippen LogP contribution in [0.3, 0.4) is 0 Å². The lowest BCUT2D eigenvalue weighted by Gasteiger charge is -2.20. The number of hydrogen-bond acceptors (Lipinski definition) is 4. The first-order chi connectivity index (χ1) is 12.3. The minimum atomic E-state index is -3.76. The summed E-state index contributed by atoms with van der Waals surface area (Å²) in [6, 6.07) is 13.3. The molecule has 0 saturated heterocycles. The Kier molecular flexibility index (Phi) is 6.80. The third kappa shape index (κ3) is 4.84. The van der Waals surface area contributed by atoms with Crippen molar-refractivity contribution in [3.05, 3.63) is 58.6 Å². The minimum absolute atomic E-state index is 0.104. The molecular formula is C18H21BrN2O4S. The summed E-state index contributed by atoms with van der Waals surface area (Å²) < 4.78 is 32.1. The van der Waals surface area contributed by atoms with Crippen molar-refractivity contribution in [3.63, 3.8) is 0 Å². The Hall–Kier alpha value is -1.90. The monoisotopic (exact) mass is 440 g/mol. The van der Waals surface area contributed by atoms with Crippen LogP contribution in [0.4, 0.5) is 0 Å². The Labute approximate surface area is 162 Å². The zero-order chi connectivity index (χ0) is 19.3. The van der Waals surface area contributed by atoms with Crippen molar-refractivity contribution in [3.8, 4) is 5.75 Å². The molecule has 1 N–H and O–H groups in total. The van der Waals surface area contributed by atoms with Gasteiger partial charge in [0.05, 0.1) is 24.6 Å². The summed E-state index contributed by atoms with van der Waals surface area (Å²) in [6.45, 7) is 1.57. The molecule has 0 aliphatic rings. The highest BCUT2D eigenvalue weighted by molar-refractivity contribution is 9.10. The van der Waals surface area contributed by atoms with Crippen LogP contribution in [0.25, 0.3) is 0 Å². The SMILES string of the molecule is COc1ccc(S(=O)(=O)N(C)CC(=O)NC(C)c2ccccc2Br)cc1. The lowest BCUT2D eigenvalue weighted by atomic mass is 10.1. The van der Waals surface area contributed by atoms with E-state index in [4.69, 9.17) is 4.74 Å². The number of hydrogen-bond donors (Lipinski definition) is 1. The number of carbonyl (C=O) groups is 1. The first-order valence-corrected chi connectivity index (χ1v) is 10.1.